The number of pyridine rings is 1. The average Bonchev–Trinajstić information content (AvgIpc) is 2.90. The van der Waals surface area contributed by atoms with Crippen molar-refractivity contribution in [2.75, 3.05) is 26.7 Å². The number of hydrogen-bond donors (Lipinski definition) is 1. The number of rotatable bonds is 6. The highest BCUT2D eigenvalue weighted by Gasteiger charge is 2.38. The van der Waals surface area contributed by atoms with Gasteiger partial charge in [-0.3, -0.25) is 9.78 Å². The number of benzene rings is 2. The summed E-state index contributed by atoms with van der Waals surface area (Å²) >= 11 is 0. The number of amides is 1. The minimum atomic E-state index is -3.99. The number of aliphatic hydroxyl groups is 1. The number of halogens is 1. The molecule has 0 saturated carbocycles. The topological polar surface area (TPSA) is 100 Å². The molecule has 1 N–H and O–H groups in total. The summed E-state index contributed by atoms with van der Waals surface area (Å²) in [7, 11) is -2.39. The Kier molecular flexibility index (Phi) is 7.91. The van der Waals surface area contributed by atoms with Crippen LogP contribution in [0.25, 0.3) is 11.1 Å². The monoisotopic (exact) mass is 527 g/mol. The van der Waals surface area contributed by atoms with Gasteiger partial charge in [-0.05, 0) is 48.9 Å². The molecule has 1 aromatic heterocycles. The summed E-state index contributed by atoms with van der Waals surface area (Å²) in [5.74, 6) is -1.08. The van der Waals surface area contributed by atoms with Crippen molar-refractivity contribution in [3.05, 3.63) is 78.4 Å². The minimum absolute atomic E-state index is 0.0172. The van der Waals surface area contributed by atoms with E-state index in [0.29, 0.717) is 0 Å². The Morgan fingerprint density at radius 1 is 1.22 bits per heavy atom. The SMILES string of the molecule is C[C@H]1CN([C@@H](C)CO)S(=O)(=O)c2ccc(-c3cccnc3)cc2O[C@H]1CN(C)C(=O)c1cccc(F)c1. The fraction of sp³-hybridized carbons (Fsp3) is 0.333. The molecule has 37 heavy (non-hydrogen) atoms. The molecular weight excluding hydrogens is 497 g/mol. The molecule has 3 atom stereocenters. The van der Waals surface area contributed by atoms with Crippen molar-refractivity contribution in [1.82, 2.24) is 14.2 Å². The molecule has 2 heterocycles. The second-order valence-electron chi connectivity index (χ2n) is 9.34. The van der Waals surface area contributed by atoms with Crippen LogP contribution in [0, 0.1) is 11.7 Å². The molecule has 10 heteroatoms. The Morgan fingerprint density at radius 3 is 2.68 bits per heavy atom. The lowest BCUT2D eigenvalue weighted by molar-refractivity contribution is 0.0563. The molecule has 1 aliphatic rings. The molecule has 196 valence electrons. The third-order valence-electron chi connectivity index (χ3n) is 6.53. The van der Waals surface area contributed by atoms with Gasteiger partial charge in [0.15, 0.2) is 0 Å². The largest absolute Gasteiger partial charge is 0.487 e. The fourth-order valence-corrected chi connectivity index (χ4v) is 6.18. The lowest BCUT2D eigenvalue weighted by Gasteiger charge is -2.37. The van der Waals surface area contributed by atoms with Crippen molar-refractivity contribution in [2.24, 2.45) is 5.92 Å². The predicted octanol–water partition coefficient (Wildman–Crippen LogP) is 3.43. The summed E-state index contributed by atoms with van der Waals surface area (Å²) in [4.78, 5) is 18.6. The molecule has 1 amide bonds. The number of likely N-dealkylation sites (N-methyl/N-ethyl adjacent to an activating group) is 1. The number of sulfonamides is 1. The van der Waals surface area contributed by atoms with Gasteiger partial charge >= 0.3 is 0 Å². The van der Waals surface area contributed by atoms with Gasteiger partial charge < -0.3 is 14.7 Å². The van der Waals surface area contributed by atoms with Gasteiger partial charge in [0, 0.05) is 49.1 Å². The van der Waals surface area contributed by atoms with Gasteiger partial charge in [-0.25, -0.2) is 12.8 Å². The smallest absolute Gasteiger partial charge is 0.253 e. The van der Waals surface area contributed by atoms with Crippen molar-refractivity contribution in [1.29, 1.82) is 0 Å². The zero-order chi connectivity index (χ0) is 26.7. The number of carbonyl (C=O) groups is 1. The predicted molar refractivity (Wildman–Crippen MR) is 137 cm³/mol. The van der Waals surface area contributed by atoms with Crippen LogP contribution in [0.15, 0.2) is 71.9 Å². The molecule has 0 unspecified atom stereocenters. The molecule has 0 radical (unpaired) electrons. The van der Waals surface area contributed by atoms with E-state index >= 15 is 0 Å². The number of nitrogens with zero attached hydrogens (tertiary/aromatic N) is 3. The van der Waals surface area contributed by atoms with E-state index < -0.39 is 28.0 Å². The maximum Gasteiger partial charge on any atom is 0.253 e. The number of aliphatic hydroxyl groups excluding tert-OH is 1. The summed E-state index contributed by atoms with van der Waals surface area (Å²) < 4.78 is 48.6. The van der Waals surface area contributed by atoms with E-state index in [0.717, 1.165) is 11.1 Å². The maximum absolute atomic E-state index is 13.7. The molecule has 8 nitrogen and oxygen atoms in total. The Labute approximate surface area is 216 Å². The second kappa shape index (κ2) is 11.0. The second-order valence-corrected chi connectivity index (χ2v) is 11.2. The summed E-state index contributed by atoms with van der Waals surface area (Å²) in [6.45, 7) is 3.35. The standard InChI is InChI=1S/C27H30FN3O5S/c1-18-15-31(19(2)17-32)37(34,35)26-10-9-20(22-7-5-11-29-14-22)13-24(26)36-25(18)16-30(3)27(33)21-6-4-8-23(28)12-21/h4-14,18-19,25,32H,15-17H2,1-3H3/t18-,19-,25-/m0/s1. The summed E-state index contributed by atoms with van der Waals surface area (Å²) in [6.07, 6.45) is 2.73. The van der Waals surface area contributed by atoms with Gasteiger partial charge in [0.2, 0.25) is 10.0 Å². The molecule has 3 aromatic rings. The van der Waals surface area contributed by atoms with Crippen molar-refractivity contribution >= 4 is 15.9 Å². The lowest BCUT2D eigenvalue weighted by Crippen LogP contribution is -2.50. The van der Waals surface area contributed by atoms with Gasteiger partial charge in [0.25, 0.3) is 5.91 Å². The molecule has 0 saturated heterocycles. The first kappa shape index (κ1) is 26.7. The third kappa shape index (κ3) is 5.66. The van der Waals surface area contributed by atoms with Crippen LogP contribution >= 0.6 is 0 Å². The highest BCUT2D eigenvalue weighted by atomic mass is 32.2. The highest BCUT2D eigenvalue weighted by Crippen LogP contribution is 2.36. The summed E-state index contributed by atoms with van der Waals surface area (Å²) in [5, 5.41) is 9.81. The van der Waals surface area contributed by atoms with Crippen LogP contribution in [0.5, 0.6) is 5.75 Å². The van der Waals surface area contributed by atoms with Crippen molar-refractivity contribution in [3.8, 4) is 16.9 Å². The van der Waals surface area contributed by atoms with Gasteiger partial charge in [0.05, 0.1) is 13.2 Å². The summed E-state index contributed by atoms with van der Waals surface area (Å²) in [5.41, 5.74) is 1.72. The van der Waals surface area contributed by atoms with Gasteiger partial charge in [-0.15, -0.1) is 0 Å². The van der Waals surface area contributed by atoms with Crippen LogP contribution in [-0.2, 0) is 10.0 Å². The zero-order valence-corrected chi connectivity index (χ0v) is 21.7. The highest BCUT2D eigenvalue weighted by molar-refractivity contribution is 7.89. The van der Waals surface area contributed by atoms with Gasteiger partial charge in [0.1, 0.15) is 22.6 Å². The number of fused-ring (bicyclic) bond motifs is 1. The van der Waals surface area contributed by atoms with E-state index in [2.05, 4.69) is 4.98 Å². The Hall–Kier alpha value is -3.34. The summed E-state index contributed by atoms with van der Waals surface area (Å²) in [6, 6.07) is 13.3. The van der Waals surface area contributed by atoms with Crippen molar-refractivity contribution in [3.63, 3.8) is 0 Å². The molecule has 1 aliphatic heterocycles. The first-order valence-corrected chi connectivity index (χ1v) is 13.4. The minimum Gasteiger partial charge on any atom is -0.487 e. The fourth-order valence-electron chi connectivity index (χ4n) is 4.35. The number of ether oxygens (including phenoxy) is 1. The van der Waals surface area contributed by atoms with Crippen LogP contribution in [0.2, 0.25) is 0 Å². The Bertz CT molecular complexity index is 1370. The van der Waals surface area contributed by atoms with Crippen LogP contribution in [0.4, 0.5) is 4.39 Å². The molecule has 0 aliphatic carbocycles. The molecule has 2 aromatic carbocycles. The Morgan fingerprint density at radius 2 is 2.00 bits per heavy atom. The number of aromatic nitrogens is 1. The van der Waals surface area contributed by atoms with E-state index in [1.807, 2.05) is 13.0 Å². The normalized spacial score (nSPS) is 20.1. The van der Waals surface area contributed by atoms with E-state index in [9.17, 15) is 22.7 Å². The van der Waals surface area contributed by atoms with Crippen molar-refractivity contribution in [2.45, 2.75) is 30.9 Å². The van der Waals surface area contributed by atoms with E-state index in [-0.39, 0.29) is 47.7 Å². The van der Waals surface area contributed by atoms with Crippen LogP contribution in [0.1, 0.15) is 24.2 Å². The van der Waals surface area contributed by atoms with Gasteiger partial charge in [-0.2, -0.15) is 4.31 Å². The van der Waals surface area contributed by atoms with E-state index in [4.69, 9.17) is 4.74 Å². The van der Waals surface area contributed by atoms with Crippen LogP contribution in [-0.4, -0.2) is 72.5 Å². The van der Waals surface area contributed by atoms with Crippen molar-refractivity contribution < 1.29 is 27.4 Å². The van der Waals surface area contributed by atoms with Crippen LogP contribution < -0.4 is 4.74 Å². The molecule has 0 fully saturated rings. The number of carbonyl (C=O) groups excluding carboxylic acids is 1. The molecular formula is C27H30FN3O5S. The molecule has 4 rings (SSSR count). The first-order valence-electron chi connectivity index (χ1n) is 12.0. The molecule has 0 spiro atoms. The van der Waals surface area contributed by atoms with Crippen LogP contribution in [0.3, 0.4) is 0 Å². The van der Waals surface area contributed by atoms with E-state index in [1.165, 1.54) is 39.5 Å². The van der Waals surface area contributed by atoms with E-state index in [1.54, 1.807) is 44.6 Å². The lowest BCUT2D eigenvalue weighted by atomic mass is 10.0. The third-order valence-corrected chi connectivity index (χ3v) is 8.55. The zero-order valence-electron chi connectivity index (χ0n) is 20.9. The maximum atomic E-state index is 13.7. The average molecular weight is 528 g/mol. The quantitative estimate of drug-likeness (QED) is 0.527. The van der Waals surface area contributed by atoms with Gasteiger partial charge in [-0.1, -0.05) is 25.1 Å². The molecule has 0 bridgehead atoms. The first-order chi connectivity index (χ1) is 17.6. The number of hydrogen-bond acceptors (Lipinski definition) is 6. The Balaban J connectivity index is 1.74.